The molecule has 6 heteroatoms. The van der Waals surface area contributed by atoms with Crippen molar-refractivity contribution in [2.75, 3.05) is 26.6 Å². The number of fused-ring (bicyclic) bond motifs is 1. The van der Waals surface area contributed by atoms with Crippen LogP contribution in [0.4, 0.5) is 0 Å². The SMILES string of the molecule is CO[C@@H]1O[C@H](CCP(C)(C)=O)[C@H]2OC(C)(C)O[C@@H]12. The normalized spacial score (nSPS) is 38.9. The molecule has 106 valence electrons. The van der Waals surface area contributed by atoms with Crippen LogP contribution >= 0.6 is 7.14 Å². The first-order chi connectivity index (χ1) is 8.22. The minimum Gasteiger partial charge on any atom is -0.353 e. The van der Waals surface area contributed by atoms with Crippen molar-refractivity contribution in [3.05, 3.63) is 0 Å². The van der Waals surface area contributed by atoms with Crippen LogP contribution < -0.4 is 0 Å². The molecule has 0 N–H and O–H groups in total. The van der Waals surface area contributed by atoms with Crippen molar-refractivity contribution in [2.45, 2.75) is 50.7 Å². The Labute approximate surface area is 108 Å². The molecule has 2 rings (SSSR count). The third kappa shape index (κ3) is 3.14. The first kappa shape index (κ1) is 14.5. The van der Waals surface area contributed by atoms with E-state index in [9.17, 15) is 4.57 Å². The number of hydrogen-bond acceptors (Lipinski definition) is 5. The van der Waals surface area contributed by atoms with Gasteiger partial charge in [0.2, 0.25) is 0 Å². The zero-order valence-electron chi connectivity index (χ0n) is 11.7. The first-order valence-electron chi connectivity index (χ1n) is 6.30. The highest BCUT2D eigenvalue weighted by molar-refractivity contribution is 7.62. The molecule has 0 spiro atoms. The van der Waals surface area contributed by atoms with Gasteiger partial charge < -0.3 is 23.5 Å². The lowest BCUT2D eigenvalue weighted by atomic mass is 10.1. The molecular formula is C12H23O5P. The Kier molecular flexibility index (Phi) is 3.92. The van der Waals surface area contributed by atoms with Gasteiger partial charge in [0, 0.05) is 13.3 Å². The van der Waals surface area contributed by atoms with E-state index in [-0.39, 0.29) is 18.3 Å². The van der Waals surface area contributed by atoms with Gasteiger partial charge in [-0.25, -0.2) is 0 Å². The summed E-state index contributed by atoms with van der Waals surface area (Å²) in [6.07, 6.45) is 0.552. The van der Waals surface area contributed by atoms with Gasteiger partial charge in [-0.05, 0) is 33.6 Å². The second-order valence-corrected chi connectivity index (χ2v) is 9.52. The summed E-state index contributed by atoms with van der Waals surface area (Å²) in [5, 5.41) is 0. The quantitative estimate of drug-likeness (QED) is 0.735. The van der Waals surface area contributed by atoms with Crippen molar-refractivity contribution in [3.8, 4) is 0 Å². The summed E-state index contributed by atoms with van der Waals surface area (Å²) >= 11 is 0. The smallest absolute Gasteiger partial charge is 0.186 e. The lowest BCUT2D eigenvalue weighted by molar-refractivity contribution is -0.227. The number of ether oxygens (including phenoxy) is 4. The van der Waals surface area contributed by atoms with Crippen LogP contribution in [0.15, 0.2) is 0 Å². The Bertz CT molecular complexity index is 350. The van der Waals surface area contributed by atoms with E-state index in [1.165, 1.54) is 0 Å². The van der Waals surface area contributed by atoms with E-state index < -0.39 is 19.2 Å². The minimum atomic E-state index is -2.03. The van der Waals surface area contributed by atoms with Gasteiger partial charge in [-0.2, -0.15) is 0 Å². The van der Waals surface area contributed by atoms with Crippen molar-refractivity contribution in [1.29, 1.82) is 0 Å². The third-order valence-electron chi connectivity index (χ3n) is 3.29. The molecule has 0 saturated carbocycles. The summed E-state index contributed by atoms with van der Waals surface area (Å²) in [4.78, 5) is 0. The zero-order chi connectivity index (χ0) is 13.6. The van der Waals surface area contributed by atoms with Crippen LogP contribution in [-0.2, 0) is 23.5 Å². The standard InChI is InChI=1S/C12H23O5P/c1-12(2)16-9-8(6-7-18(4,5)13)15-11(14-3)10(9)17-12/h8-11H,6-7H2,1-5H3/t8-,9-,10-,11-/m1/s1. The monoisotopic (exact) mass is 278 g/mol. The van der Waals surface area contributed by atoms with Gasteiger partial charge in [-0.3, -0.25) is 0 Å². The maximum Gasteiger partial charge on any atom is 0.186 e. The Balaban J connectivity index is 2.02. The fraction of sp³-hybridized carbons (Fsp3) is 1.00. The van der Waals surface area contributed by atoms with Crippen molar-refractivity contribution in [3.63, 3.8) is 0 Å². The lowest BCUT2D eigenvalue weighted by Gasteiger charge is -2.23. The Morgan fingerprint density at radius 3 is 2.39 bits per heavy atom. The summed E-state index contributed by atoms with van der Waals surface area (Å²) in [5.41, 5.74) is 0. The molecule has 5 nitrogen and oxygen atoms in total. The van der Waals surface area contributed by atoms with Gasteiger partial charge in [0.1, 0.15) is 12.2 Å². The second kappa shape index (κ2) is 4.88. The van der Waals surface area contributed by atoms with E-state index >= 15 is 0 Å². The molecule has 4 atom stereocenters. The molecule has 0 bridgehead atoms. The Hall–Kier alpha value is 0.0700. The van der Waals surface area contributed by atoms with Crippen LogP contribution in [0.5, 0.6) is 0 Å². The Morgan fingerprint density at radius 1 is 1.22 bits per heavy atom. The summed E-state index contributed by atoms with van der Waals surface area (Å²) in [6.45, 7) is 7.37. The number of methoxy groups -OCH3 is 1. The van der Waals surface area contributed by atoms with E-state index in [4.69, 9.17) is 18.9 Å². The molecule has 2 saturated heterocycles. The minimum absolute atomic E-state index is 0.102. The van der Waals surface area contributed by atoms with Gasteiger partial charge in [-0.15, -0.1) is 0 Å². The van der Waals surface area contributed by atoms with Crippen LogP contribution in [0.2, 0.25) is 0 Å². The van der Waals surface area contributed by atoms with Gasteiger partial charge in [0.25, 0.3) is 0 Å². The topological polar surface area (TPSA) is 54.0 Å². The molecule has 2 heterocycles. The number of hydrogen-bond donors (Lipinski definition) is 0. The zero-order valence-corrected chi connectivity index (χ0v) is 12.6. The van der Waals surface area contributed by atoms with Gasteiger partial charge in [-0.1, -0.05) is 0 Å². The van der Waals surface area contributed by atoms with Crippen LogP contribution in [0.25, 0.3) is 0 Å². The summed E-state index contributed by atoms with van der Waals surface area (Å²) in [5.74, 6) is -0.601. The molecule has 2 aliphatic heterocycles. The van der Waals surface area contributed by atoms with Gasteiger partial charge >= 0.3 is 0 Å². The predicted molar refractivity (Wildman–Crippen MR) is 68.4 cm³/mol. The molecule has 0 aromatic heterocycles. The highest BCUT2D eigenvalue weighted by Gasteiger charge is 2.55. The Morgan fingerprint density at radius 2 is 1.83 bits per heavy atom. The molecule has 18 heavy (non-hydrogen) atoms. The third-order valence-corrected chi connectivity index (χ3v) is 4.63. The predicted octanol–water partition coefficient (Wildman–Crippen LogP) is 1.89. The largest absolute Gasteiger partial charge is 0.353 e. The van der Waals surface area contributed by atoms with Crippen LogP contribution in [0.3, 0.4) is 0 Å². The summed E-state index contributed by atoms with van der Waals surface area (Å²) in [6, 6.07) is 0. The number of rotatable bonds is 4. The summed E-state index contributed by atoms with van der Waals surface area (Å²) < 4.78 is 34.5. The average molecular weight is 278 g/mol. The van der Waals surface area contributed by atoms with E-state index in [0.29, 0.717) is 12.6 Å². The van der Waals surface area contributed by atoms with Gasteiger partial charge in [0.15, 0.2) is 12.1 Å². The van der Waals surface area contributed by atoms with Crippen LogP contribution in [0.1, 0.15) is 20.3 Å². The fourth-order valence-electron chi connectivity index (χ4n) is 2.50. The van der Waals surface area contributed by atoms with E-state index in [0.717, 1.165) is 0 Å². The van der Waals surface area contributed by atoms with Gasteiger partial charge in [0.05, 0.1) is 13.2 Å². The van der Waals surface area contributed by atoms with E-state index in [1.807, 2.05) is 13.8 Å². The molecule has 0 radical (unpaired) electrons. The molecule has 0 aromatic rings. The molecule has 0 unspecified atom stereocenters. The molecule has 0 aromatic carbocycles. The molecular weight excluding hydrogens is 255 g/mol. The molecule has 2 aliphatic rings. The van der Waals surface area contributed by atoms with Crippen molar-refractivity contribution >= 4 is 7.14 Å². The molecule has 0 aliphatic carbocycles. The molecule has 2 fully saturated rings. The maximum absolute atomic E-state index is 11.8. The average Bonchev–Trinajstić information content (AvgIpc) is 2.67. The van der Waals surface area contributed by atoms with Crippen molar-refractivity contribution < 1.29 is 23.5 Å². The fourth-order valence-corrected chi connectivity index (χ4v) is 3.38. The van der Waals surface area contributed by atoms with E-state index in [2.05, 4.69) is 0 Å². The highest BCUT2D eigenvalue weighted by Crippen LogP contribution is 2.43. The van der Waals surface area contributed by atoms with E-state index in [1.54, 1.807) is 20.4 Å². The van der Waals surface area contributed by atoms with Crippen LogP contribution in [0, 0.1) is 0 Å². The van der Waals surface area contributed by atoms with Crippen molar-refractivity contribution in [1.82, 2.24) is 0 Å². The van der Waals surface area contributed by atoms with Crippen molar-refractivity contribution in [2.24, 2.45) is 0 Å². The highest BCUT2D eigenvalue weighted by atomic mass is 31.2. The molecule has 0 amide bonds. The second-order valence-electron chi connectivity index (χ2n) is 5.93. The maximum atomic E-state index is 11.8. The summed E-state index contributed by atoms with van der Waals surface area (Å²) in [7, 11) is -0.432. The lowest BCUT2D eigenvalue weighted by Crippen LogP contribution is -2.30. The van der Waals surface area contributed by atoms with Crippen LogP contribution in [-0.4, -0.2) is 57.0 Å². The first-order valence-corrected chi connectivity index (χ1v) is 9.08.